The number of carbonyl (C=O) groups excluding carboxylic acids is 2. The van der Waals surface area contributed by atoms with Crippen molar-refractivity contribution in [2.75, 3.05) is 5.32 Å². The molecular formula is C17H22N4O2S. The van der Waals surface area contributed by atoms with E-state index in [1.54, 1.807) is 11.3 Å². The fraction of sp³-hybridized carbons (Fsp3) is 0.353. The van der Waals surface area contributed by atoms with Crippen molar-refractivity contribution < 1.29 is 9.59 Å². The smallest absolute Gasteiger partial charge is 0.315 e. The normalized spacial score (nSPS) is 13.0. The number of nitrogens with one attached hydrogen (secondary N) is 3. The van der Waals surface area contributed by atoms with Gasteiger partial charge in [0.2, 0.25) is 5.91 Å². The number of aromatic nitrogens is 1. The third-order valence-corrected chi connectivity index (χ3v) is 4.27. The van der Waals surface area contributed by atoms with Gasteiger partial charge in [0.05, 0.1) is 22.8 Å². The molecule has 0 unspecified atom stereocenters. The summed E-state index contributed by atoms with van der Waals surface area (Å²) in [6.45, 7) is 7.19. The zero-order chi connectivity index (χ0) is 17.7. The fourth-order valence-electron chi connectivity index (χ4n) is 2.26. The molecule has 0 radical (unpaired) electrons. The van der Waals surface area contributed by atoms with Crippen LogP contribution in [0.25, 0.3) is 0 Å². The predicted molar refractivity (Wildman–Crippen MR) is 96.1 cm³/mol. The second-order valence-electron chi connectivity index (χ2n) is 5.66. The first kappa shape index (κ1) is 17.9. The van der Waals surface area contributed by atoms with Gasteiger partial charge in [-0.25, -0.2) is 9.78 Å². The maximum atomic E-state index is 12.2. The summed E-state index contributed by atoms with van der Waals surface area (Å²) in [4.78, 5) is 27.7. The first-order valence-electron chi connectivity index (χ1n) is 7.71. The second kappa shape index (κ2) is 7.92. The van der Waals surface area contributed by atoms with Gasteiger partial charge < -0.3 is 16.0 Å². The minimum Gasteiger partial charge on any atom is -0.332 e. The van der Waals surface area contributed by atoms with Gasteiger partial charge in [-0.3, -0.25) is 4.79 Å². The quantitative estimate of drug-likeness (QED) is 0.774. The SMILES string of the molecule is CC(=O)Nc1cccc([C@H](C)NC(=O)N[C@H](C)c2csc(C)n2)c1. The third-order valence-electron chi connectivity index (χ3n) is 3.48. The molecule has 1 aromatic carbocycles. The van der Waals surface area contributed by atoms with Crippen molar-refractivity contribution in [2.45, 2.75) is 39.8 Å². The Hall–Kier alpha value is -2.41. The van der Waals surface area contributed by atoms with E-state index in [0.29, 0.717) is 5.69 Å². The lowest BCUT2D eigenvalue weighted by molar-refractivity contribution is -0.114. The molecule has 2 rings (SSSR count). The number of rotatable bonds is 5. The monoisotopic (exact) mass is 346 g/mol. The van der Waals surface area contributed by atoms with E-state index in [9.17, 15) is 9.59 Å². The maximum Gasteiger partial charge on any atom is 0.315 e. The Morgan fingerprint density at radius 2 is 1.88 bits per heavy atom. The average Bonchev–Trinajstić information content (AvgIpc) is 2.93. The summed E-state index contributed by atoms with van der Waals surface area (Å²) in [6.07, 6.45) is 0. The molecule has 24 heavy (non-hydrogen) atoms. The van der Waals surface area contributed by atoms with Gasteiger partial charge in [0, 0.05) is 18.0 Å². The van der Waals surface area contributed by atoms with Crippen LogP contribution in [0.2, 0.25) is 0 Å². The molecule has 0 aliphatic heterocycles. The predicted octanol–water partition coefficient (Wildman–Crippen LogP) is 3.53. The lowest BCUT2D eigenvalue weighted by Crippen LogP contribution is -2.38. The summed E-state index contributed by atoms with van der Waals surface area (Å²) in [6, 6.07) is 6.80. The van der Waals surface area contributed by atoms with Crippen LogP contribution in [0.4, 0.5) is 10.5 Å². The maximum absolute atomic E-state index is 12.2. The van der Waals surface area contributed by atoms with Crippen LogP contribution < -0.4 is 16.0 Å². The highest BCUT2D eigenvalue weighted by Gasteiger charge is 2.15. The molecule has 0 saturated heterocycles. The highest BCUT2D eigenvalue weighted by Crippen LogP contribution is 2.18. The molecule has 0 fully saturated rings. The van der Waals surface area contributed by atoms with Crippen LogP contribution in [0.15, 0.2) is 29.6 Å². The zero-order valence-electron chi connectivity index (χ0n) is 14.2. The highest BCUT2D eigenvalue weighted by molar-refractivity contribution is 7.09. The number of nitrogens with zero attached hydrogens (tertiary/aromatic N) is 1. The van der Waals surface area contributed by atoms with Crippen LogP contribution in [-0.2, 0) is 4.79 Å². The van der Waals surface area contributed by atoms with Crippen LogP contribution in [0, 0.1) is 6.92 Å². The van der Waals surface area contributed by atoms with Crippen LogP contribution >= 0.6 is 11.3 Å². The molecule has 0 spiro atoms. The molecule has 6 nitrogen and oxygen atoms in total. The van der Waals surface area contributed by atoms with Crippen molar-refractivity contribution in [1.29, 1.82) is 0 Å². The Bertz CT molecular complexity index is 729. The van der Waals surface area contributed by atoms with E-state index in [1.165, 1.54) is 6.92 Å². The van der Waals surface area contributed by atoms with Gasteiger partial charge in [-0.05, 0) is 38.5 Å². The van der Waals surface area contributed by atoms with Crippen LogP contribution in [0.1, 0.15) is 49.1 Å². The Kier molecular flexibility index (Phi) is 5.92. The van der Waals surface area contributed by atoms with Crippen LogP contribution in [-0.4, -0.2) is 16.9 Å². The molecule has 0 aliphatic rings. The number of hydrogen-bond acceptors (Lipinski definition) is 4. The lowest BCUT2D eigenvalue weighted by atomic mass is 10.1. The van der Waals surface area contributed by atoms with Gasteiger partial charge in [-0.1, -0.05) is 12.1 Å². The van der Waals surface area contributed by atoms with Crippen molar-refractivity contribution in [1.82, 2.24) is 15.6 Å². The van der Waals surface area contributed by atoms with Gasteiger partial charge in [0.1, 0.15) is 0 Å². The second-order valence-corrected chi connectivity index (χ2v) is 6.72. The first-order valence-corrected chi connectivity index (χ1v) is 8.59. The zero-order valence-corrected chi connectivity index (χ0v) is 15.0. The van der Waals surface area contributed by atoms with E-state index in [2.05, 4.69) is 20.9 Å². The van der Waals surface area contributed by atoms with Gasteiger partial charge in [0.15, 0.2) is 0 Å². The molecular weight excluding hydrogens is 324 g/mol. The largest absolute Gasteiger partial charge is 0.332 e. The summed E-state index contributed by atoms with van der Waals surface area (Å²) in [5.74, 6) is -0.127. The number of benzene rings is 1. The standard InChI is InChI=1S/C17H22N4O2S/c1-10(14-6-5-7-15(8-14)20-12(3)22)18-17(23)19-11(2)16-9-24-13(4)21-16/h5-11H,1-4H3,(H,20,22)(H2,18,19,23)/t10-,11+/m0/s1. The van der Waals surface area contributed by atoms with Gasteiger partial charge >= 0.3 is 6.03 Å². The van der Waals surface area contributed by atoms with E-state index in [1.807, 2.05) is 50.4 Å². The van der Waals surface area contributed by atoms with Gasteiger partial charge in [-0.2, -0.15) is 0 Å². The summed E-state index contributed by atoms with van der Waals surface area (Å²) in [5, 5.41) is 11.4. The van der Waals surface area contributed by atoms with E-state index in [0.717, 1.165) is 16.3 Å². The van der Waals surface area contributed by atoms with E-state index < -0.39 is 0 Å². The van der Waals surface area contributed by atoms with E-state index in [4.69, 9.17) is 0 Å². The summed E-state index contributed by atoms with van der Waals surface area (Å²) in [5.41, 5.74) is 2.47. The minimum atomic E-state index is -0.259. The summed E-state index contributed by atoms with van der Waals surface area (Å²) < 4.78 is 0. The summed E-state index contributed by atoms with van der Waals surface area (Å²) in [7, 11) is 0. The topological polar surface area (TPSA) is 83.1 Å². The van der Waals surface area contributed by atoms with E-state index in [-0.39, 0.29) is 24.0 Å². The van der Waals surface area contributed by atoms with Crippen molar-refractivity contribution in [3.8, 4) is 0 Å². The fourth-order valence-corrected chi connectivity index (χ4v) is 2.97. The molecule has 3 amide bonds. The Labute approximate surface area is 145 Å². The number of carbonyl (C=O) groups is 2. The van der Waals surface area contributed by atoms with Crippen molar-refractivity contribution in [3.63, 3.8) is 0 Å². The molecule has 1 heterocycles. The molecule has 3 N–H and O–H groups in total. The van der Waals surface area contributed by atoms with Crippen molar-refractivity contribution in [3.05, 3.63) is 45.9 Å². The number of thiazole rings is 1. The third kappa shape index (κ3) is 5.06. The number of amides is 3. The van der Waals surface area contributed by atoms with E-state index >= 15 is 0 Å². The Balaban J connectivity index is 1.94. The molecule has 7 heteroatoms. The summed E-state index contributed by atoms with van der Waals surface area (Å²) >= 11 is 1.56. The first-order chi connectivity index (χ1) is 11.3. The van der Waals surface area contributed by atoms with Crippen molar-refractivity contribution in [2.24, 2.45) is 0 Å². The van der Waals surface area contributed by atoms with Gasteiger partial charge in [0.25, 0.3) is 0 Å². The highest BCUT2D eigenvalue weighted by atomic mass is 32.1. The Morgan fingerprint density at radius 3 is 2.50 bits per heavy atom. The molecule has 0 saturated carbocycles. The Morgan fingerprint density at radius 1 is 1.17 bits per heavy atom. The molecule has 0 bridgehead atoms. The molecule has 2 aromatic rings. The van der Waals surface area contributed by atoms with Crippen LogP contribution in [0.3, 0.4) is 0 Å². The number of aryl methyl sites for hydroxylation is 1. The van der Waals surface area contributed by atoms with Crippen LogP contribution in [0.5, 0.6) is 0 Å². The lowest BCUT2D eigenvalue weighted by Gasteiger charge is -2.18. The number of hydrogen-bond donors (Lipinski definition) is 3. The molecule has 2 atom stereocenters. The minimum absolute atomic E-state index is 0.127. The van der Waals surface area contributed by atoms with Crippen molar-refractivity contribution >= 4 is 29.0 Å². The number of anilines is 1. The molecule has 1 aromatic heterocycles. The number of urea groups is 1. The molecule has 128 valence electrons. The molecule has 0 aliphatic carbocycles. The van der Waals surface area contributed by atoms with Gasteiger partial charge in [-0.15, -0.1) is 11.3 Å². The average molecular weight is 346 g/mol.